The number of hydrogen-bond donors (Lipinski definition) is 1. The zero-order chi connectivity index (χ0) is 21.0. The normalized spacial score (nSPS) is 11.8. The molecule has 0 saturated carbocycles. The third-order valence-corrected chi connectivity index (χ3v) is 4.68. The number of carbonyl (C=O) groups excluding carboxylic acids is 2. The van der Waals surface area contributed by atoms with Crippen molar-refractivity contribution < 1.29 is 14.3 Å². The van der Waals surface area contributed by atoms with Crippen LogP contribution in [0.1, 0.15) is 29.7 Å². The zero-order valence-electron chi connectivity index (χ0n) is 16.5. The average Bonchev–Trinajstić information content (AvgIpc) is 2.70. The van der Waals surface area contributed by atoms with E-state index in [-0.39, 0.29) is 6.04 Å². The predicted octanol–water partition coefficient (Wildman–Crippen LogP) is 1.83. The van der Waals surface area contributed by atoms with Gasteiger partial charge in [0, 0.05) is 0 Å². The van der Waals surface area contributed by atoms with Crippen LogP contribution in [0.4, 0.5) is 0 Å². The van der Waals surface area contributed by atoms with Crippen LogP contribution in [-0.2, 0) is 20.9 Å². The standard InChI is InChI=1S/C21H22N4O4/c1-13-8-9-16(10-14(13)2)15(3)22-19(26)12-29-20(27)11-25-21(28)17-6-4-5-7-18(17)23-24-25/h4-10,15H,11-12H2,1-3H3,(H,22,26). The van der Waals surface area contributed by atoms with Gasteiger partial charge in [0.2, 0.25) is 0 Å². The molecule has 0 aliphatic heterocycles. The molecule has 1 unspecified atom stereocenters. The number of aromatic nitrogens is 3. The summed E-state index contributed by atoms with van der Waals surface area (Å²) < 4.78 is 5.89. The van der Waals surface area contributed by atoms with E-state index in [2.05, 4.69) is 15.6 Å². The molecule has 3 aromatic rings. The molecule has 0 bridgehead atoms. The molecule has 1 aromatic heterocycles. The summed E-state index contributed by atoms with van der Waals surface area (Å²) in [4.78, 5) is 36.4. The lowest BCUT2D eigenvalue weighted by Crippen LogP contribution is -2.33. The molecule has 8 heteroatoms. The van der Waals surface area contributed by atoms with Gasteiger partial charge < -0.3 is 10.1 Å². The molecule has 3 rings (SSSR count). The summed E-state index contributed by atoms with van der Waals surface area (Å²) in [6.45, 7) is 5.02. The zero-order valence-corrected chi connectivity index (χ0v) is 16.5. The smallest absolute Gasteiger partial charge is 0.328 e. The second kappa shape index (κ2) is 8.64. The van der Waals surface area contributed by atoms with Crippen LogP contribution in [-0.4, -0.2) is 33.5 Å². The fourth-order valence-electron chi connectivity index (χ4n) is 2.84. The van der Waals surface area contributed by atoms with Crippen molar-refractivity contribution in [3.63, 3.8) is 0 Å². The Labute approximate surface area is 167 Å². The maximum Gasteiger partial charge on any atom is 0.328 e. The summed E-state index contributed by atoms with van der Waals surface area (Å²) in [5.41, 5.74) is 3.28. The molecular weight excluding hydrogens is 372 g/mol. The Morgan fingerprint density at radius 1 is 1.14 bits per heavy atom. The first-order valence-electron chi connectivity index (χ1n) is 9.20. The SMILES string of the molecule is Cc1ccc(C(C)NC(=O)COC(=O)Cn2nnc3ccccc3c2=O)cc1C. The summed E-state index contributed by atoms with van der Waals surface area (Å²) in [6, 6.07) is 12.4. The van der Waals surface area contributed by atoms with Crippen molar-refractivity contribution in [1.82, 2.24) is 20.3 Å². The van der Waals surface area contributed by atoms with Crippen LogP contribution in [0.15, 0.2) is 47.3 Å². The maximum atomic E-state index is 12.3. The first kappa shape index (κ1) is 20.2. The lowest BCUT2D eigenvalue weighted by Gasteiger charge is -2.15. The van der Waals surface area contributed by atoms with Gasteiger partial charge in [-0.3, -0.25) is 14.4 Å². The van der Waals surface area contributed by atoms with Crippen LogP contribution in [0, 0.1) is 13.8 Å². The van der Waals surface area contributed by atoms with E-state index in [4.69, 9.17) is 4.74 Å². The number of ether oxygens (including phenoxy) is 1. The molecule has 1 heterocycles. The Bertz CT molecular complexity index is 1120. The quantitative estimate of drug-likeness (QED) is 0.640. The van der Waals surface area contributed by atoms with Crippen molar-refractivity contribution in [1.29, 1.82) is 0 Å². The number of fused-ring (bicyclic) bond motifs is 1. The van der Waals surface area contributed by atoms with Crippen LogP contribution < -0.4 is 10.9 Å². The molecule has 0 aliphatic carbocycles. The van der Waals surface area contributed by atoms with E-state index in [0.717, 1.165) is 15.8 Å². The minimum atomic E-state index is -0.745. The van der Waals surface area contributed by atoms with Gasteiger partial charge in [0.05, 0.1) is 11.4 Å². The number of rotatable bonds is 6. The highest BCUT2D eigenvalue weighted by Crippen LogP contribution is 2.16. The fraction of sp³-hybridized carbons (Fsp3) is 0.286. The molecule has 2 aromatic carbocycles. The molecule has 1 atom stereocenters. The Morgan fingerprint density at radius 3 is 2.66 bits per heavy atom. The summed E-state index contributed by atoms with van der Waals surface area (Å²) >= 11 is 0. The number of esters is 1. The minimum absolute atomic E-state index is 0.227. The number of carbonyl (C=O) groups is 2. The van der Waals surface area contributed by atoms with Gasteiger partial charge in [0.15, 0.2) is 6.61 Å². The molecule has 0 fully saturated rings. The van der Waals surface area contributed by atoms with Crippen LogP contribution in [0.3, 0.4) is 0 Å². The number of amides is 1. The van der Waals surface area contributed by atoms with Crippen LogP contribution >= 0.6 is 0 Å². The van der Waals surface area contributed by atoms with Crippen molar-refractivity contribution in [3.8, 4) is 0 Å². The summed E-state index contributed by atoms with van der Waals surface area (Å²) in [6.07, 6.45) is 0. The highest BCUT2D eigenvalue weighted by atomic mass is 16.5. The molecular formula is C21H22N4O4. The highest BCUT2D eigenvalue weighted by Gasteiger charge is 2.14. The second-order valence-electron chi connectivity index (χ2n) is 6.86. The van der Waals surface area contributed by atoms with Gasteiger partial charge in [0.25, 0.3) is 11.5 Å². The fourth-order valence-corrected chi connectivity index (χ4v) is 2.84. The highest BCUT2D eigenvalue weighted by molar-refractivity contribution is 5.81. The van der Waals surface area contributed by atoms with Gasteiger partial charge in [-0.05, 0) is 49.6 Å². The summed E-state index contributed by atoms with van der Waals surface area (Å²) in [5, 5.41) is 10.8. The number of nitrogens with zero attached hydrogens (tertiary/aromatic N) is 3. The summed E-state index contributed by atoms with van der Waals surface area (Å²) in [5.74, 6) is -1.17. The lowest BCUT2D eigenvalue weighted by atomic mass is 10.0. The molecule has 1 N–H and O–H groups in total. The van der Waals surface area contributed by atoms with Gasteiger partial charge in [-0.25, -0.2) is 0 Å². The van der Waals surface area contributed by atoms with Gasteiger partial charge in [-0.1, -0.05) is 35.5 Å². The monoisotopic (exact) mass is 394 g/mol. The topological polar surface area (TPSA) is 103 Å². The predicted molar refractivity (Wildman–Crippen MR) is 107 cm³/mol. The third kappa shape index (κ3) is 4.84. The number of nitrogens with one attached hydrogen (secondary N) is 1. The Morgan fingerprint density at radius 2 is 1.90 bits per heavy atom. The largest absolute Gasteiger partial charge is 0.454 e. The van der Waals surface area contributed by atoms with Crippen LogP contribution in [0.2, 0.25) is 0 Å². The molecule has 150 valence electrons. The van der Waals surface area contributed by atoms with E-state index >= 15 is 0 Å². The molecule has 0 aliphatic rings. The van der Waals surface area contributed by atoms with Gasteiger partial charge in [0.1, 0.15) is 12.1 Å². The molecule has 1 amide bonds. The maximum absolute atomic E-state index is 12.3. The van der Waals surface area contributed by atoms with Gasteiger partial charge in [-0.2, -0.15) is 4.68 Å². The number of benzene rings is 2. The van der Waals surface area contributed by atoms with Crippen LogP contribution in [0.25, 0.3) is 10.9 Å². The Kier molecular flexibility index (Phi) is 6.01. The number of hydrogen-bond acceptors (Lipinski definition) is 6. The lowest BCUT2D eigenvalue weighted by molar-refractivity contribution is -0.149. The average molecular weight is 394 g/mol. The van der Waals surface area contributed by atoms with E-state index in [1.54, 1.807) is 24.3 Å². The van der Waals surface area contributed by atoms with E-state index in [9.17, 15) is 14.4 Å². The molecule has 0 radical (unpaired) electrons. The van der Waals surface area contributed by atoms with E-state index in [1.807, 2.05) is 39.0 Å². The first-order chi connectivity index (χ1) is 13.8. The Balaban J connectivity index is 1.55. The molecule has 8 nitrogen and oxygen atoms in total. The molecule has 29 heavy (non-hydrogen) atoms. The molecule has 0 saturated heterocycles. The summed E-state index contributed by atoms with van der Waals surface area (Å²) in [7, 11) is 0. The van der Waals surface area contributed by atoms with Crippen molar-refractivity contribution in [2.24, 2.45) is 0 Å². The van der Waals surface area contributed by atoms with Crippen molar-refractivity contribution in [2.45, 2.75) is 33.4 Å². The van der Waals surface area contributed by atoms with Gasteiger partial charge >= 0.3 is 5.97 Å². The van der Waals surface area contributed by atoms with E-state index in [1.165, 1.54) is 5.56 Å². The second-order valence-corrected chi connectivity index (χ2v) is 6.86. The van der Waals surface area contributed by atoms with Crippen molar-refractivity contribution >= 4 is 22.8 Å². The third-order valence-electron chi connectivity index (χ3n) is 4.68. The van der Waals surface area contributed by atoms with Gasteiger partial charge in [-0.15, -0.1) is 5.10 Å². The first-order valence-corrected chi connectivity index (χ1v) is 9.20. The Hall–Kier alpha value is -3.55. The van der Waals surface area contributed by atoms with E-state index < -0.39 is 30.6 Å². The minimum Gasteiger partial charge on any atom is -0.454 e. The number of aryl methyl sites for hydroxylation is 2. The van der Waals surface area contributed by atoms with Crippen molar-refractivity contribution in [2.75, 3.05) is 6.61 Å². The van der Waals surface area contributed by atoms with Crippen molar-refractivity contribution in [3.05, 3.63) is 69.5 Å². The van der Waals surface area contributed by atoms with Crippen LogP contribution in [0.5, 0.6) is 0 Å². The molecule has 0 spiro atoms. The van der Waals surface area contributed by atoms with E-state index in [0.29, 0.717) is 10.9 Å².